The standard InChI is InChI=1S/C22H24I2N4/c1-27-11-9-21(13-5-3-7-15(23)17(13)25-19(21)27)22-10-12-28(2)20(22)26-18-14(22)6-4-8-16(18)24/h3-8,19-20,25-26H,9-12H2,1-2H3/t19-,20+,21+,22-. The average molecular weight is 598 g/mol. The van der Waals surface area contributed by atoms with Gasteiger partial charge in [-0.1, -0.05) is 24.3 Å². The van der Waals surface area contributed by atoms with Gasteiger partial charge in [-0.15, -0.1) is 0 Å². The van der Waals surface area contributed by atoms with Gasteiger partial charge >= 0.3 is 0 Å². The molecular weight excluding hydrogens is 574 g/mol. The number of nitrogens with zero attached hydrogens (tertiary/aromatic N) is 2. The molecule has 6 heteroatoms. The highest BCUT2D eigenvalue weighted by Gasteiger charge is 2.71. The minimum Gasteiger partial charge on any atom is -0.368 e. The molecule has 0 radical (unpaired) electrons. The highest BCUT2D eigenvalue weighted by atomic mass is 127. The molecule has 2 N–H and O–H groups in total. The normalized spacial score (nSPS) is 35.9. The van der Waals surface area contributed by atoms with Crippen LogP contribution < -0.4 is 10.6 Å². The lowest BCUT2D eigenvalue weighted by atomic mass is 9.55. The molecule has 4 heterocycles. The van der Waals surface area contributed by atoms with Gasteiger partial charge in [0.15, 0.2) is 0 Å². The van der Waals surface area contributed by atoms with Crippen LogP contribution in [-0.4, -0.2) is 49.3 Å². The number of hydrogen-bond acceptors (Lipinski definition) is 4. The van der Waals surface area contributed by atoms with Gasteiger partial charge in [0.25, 0.3) is 0 Å². The minimum atomic E-state index is 0.0797. The molecule has 6 rings (SSSR count). The van der Waals surface area contributed by atoms with E-state index in [0.717, 1.165) is 13.1 Å². The third-order valence-electron chi connectivity index (χ3n) is 7.88. The second-order valence-electron chi connectivity index (χ2n) is 8.82. The Morgan fingerprint density at radius 1 is 0.786 bits per heavy atom. The molecule has 0 amide bonds. The predicted octanol–water partition coefficient (Wildman–Crippen LogP) is 4.25. The predicted molar refractivity (Wildman–Crippen MR) is 131 cm³/mol. The van der Waals surface area contributed by atoms with Crippen molar-refractivity contribution >= 4 is 56.6 Å². The van der Waals surface area contributed by atoms with E-state index in [9.17, 15) is 0 Å². The maximum absolute atomic E-state index is 3.97. The summed E-state index contributed by atoms with van der Waals surface area (Å²) in [6.07, 6.45) is 3.09. The first-order chi connectivity index (χ1) is 13.5. The number of nitrogens with one attached hydrogen (secondary N) is 2. The molecule has 0 unspecified atom stereocenters. The molecule has 0 aliphatic carbocycles. The summed E-state index contributed by atoms with van der Waals surface area (Å²) in [5, 5.41) is 7.94. The molecule has 0 saturated carbocycles. The van der Waals surface area contributed by atoms with Crippen LogP contribution in [0.15, 0.2) is 36.4 Å². The quantitative estimate of drug-likeness (QED) is 0.482. The first-order valence-electron chi connectivity index (χ1n) is 10.0. The first kappa shape index (κ1) is 18.2. The maximum atomic E-state index is 3.97. The number of para-hydroxylation sites is 2. The van der Waals surface area contributed by atoms with Crippen molar-refractivity contribution in [3.8, 4) is 0 Å². The highest BCUT2D eigenvalue weighted by molar-refractivity contribution is 14.1. The molecule has 4 atom stereocenters. The Bertz CT molecular complexity index is 915. The molecule has 2 fully saturated rings. The zero-order chi connectivity index (χ0) is 19.3. The van der Waals surface area contributed by atoms with Crippen LogP contribution in [0.3, 0.4) is 0 Å². The van der Waals surface area contributed by atoms with Crippen LogP contribution in [0.25, 0.3) is 0 Å². The number of halogens is 2. The average Bonchev–Trinajstić information content (AvgIpc) is 3.37. The Hall–Kier alpha value is -0.580. The molecule has 0 spiro atoms. The molecule has 2 saturated heterocycles. The fourth-order valence-corrected chi connectivity index (χ4v) is 8.10. The van der Waals surface area contributed by atoms with Gasteiger partial charge in [0, 0.05) is 31.1 Å². The molecule has 2 aromatic rings. The number of benzene rings is 2. The van der Waals surface area contributed by atoms with Crippen molar-refractivity contribution in [2.75, 3.05) is 37.8 Å². The topological polar surface area (TPSA) is 30.5 Å². The third-order valence-corrected chi connectivity index (χ3v) is 9.68. The molecule has 0 bridgehead atoms. The van der Waals surface area contributed by atoms with Gasteiger partial charge in [-0.2, -0.15) is 0 Å². The zero-order valence-electron chi connectivity index (χ0n) is 16.1. The molecule has 2 aromatic carbocycles. The van der Waals surface area contributed by atoms with Crippen LogP contribution in [-0.2, 0) is 10.8 Å². The summed E-state index contributed by atoms with van der Waals surface area (Å²) < 4.78 is 2.68. The Morgan fingerprint density at radius 2 is 1.21 bits per heavy atom. The summed E-state index contributed by atoms with van der Waals surface area (Å²) in [4.78, 5) is 5.10. The second kappa shape index (κ2) is 5.98. The number of hydrogen-bond donors (Lipinski definition) is 2. The fourth-order valence-electron chi connectivity index (χ4n) is 6.79. The van der Waals surface area contributed by atoms with Crippen LogP contribution in [0.1, 0.15) is 24.0 Å². The fraction of sp³-hybridized carbons (Fsp3) is 0.455. The highest BCUT2D eigenvalue weighted by Crippen LogP contribution is 2.66. The zero-order valence-corrected chi connectivity index (χ0v) is 20.4. The Balaban J connectivity index is 1.69. The lowest BCUT2D eigenvalue weighted by Crippen LogP contribution is -2.60. The lowest BCUT2D eigenvalue weighted by Gasteiger charge is -2.48. The van der Waals surface area contributed by atoms with Crippen molar-refractivity contribution < 1.29 is 0 Å². The summed E-state index contributed by atoms with van der Waals surface area (Å²) >= 11 is 5.00. The molecule has 4 aliphatic heterocycles. The lowest BCUT2D eigenvalue weighted by molar-refractivity contribution is 0.147. The van der Waals surface area contributed by atoms with Gasteiger partial charge in [0.2, 0.25) is 0 Å². The molecule has 0 aromatic heterocycles. The van der Waals surface area contributed by atoms with Crippen molar-refractivity contribution in [1.82, 2.24) is 9.80 Å². The van der Waals surface area contributed by atoms with E-state index in [1.807, 2.05) is 0 Å². The number of fused-ring (bicyclic) bond motifs is 7. The summed E-state index contributed by atoms with van der Waals surface area (Å²) in [5.74, 6) is 0. The van der Waals surface area contributed by atoms with E-state index in [4.69, 9.17) is 0 Å². The van der Waals surface area contributed by atoms with E-state index in [2.05, 4.69) is 116 Å². The summed E-state index contributed by atoms with van der Waals surface area (Å²) in [6.45, 7) is 2.28. The Labute approximate surface area is 193 Å². The van der Waals surface area contributed by atoms with Crippen molar-refractivity contribution in [2.24, 2.45) is 0 Å². The molecule has 146 valence electrons. The number of rotatable bonds is 1. The number of likely N-dealkylation sites (N-methyl/N-ethyl adjacent to an activating group) is 2. The van der Waals surface area contributed by atoms with E-state index in [0.29, 0.717) is 12.3 Å². The van der Waals surface area contributed by atoms with E-state index >= 15 is 0 Å². The van der Waals surface area contributed by atoms with Gasteiger partial charge < -0.3 is 10.6 Å². The van der Waals surface area contributed by atoms with Crippen molar-refractivity contribution in [3.05, 3.63) is 54.7 Å². The van der Waals surface area contributed by atoms with Crippen LogP contribution in [0.4, 0.5) is 11.4 Å². The monoisotopic (exact) mass is 598 g/mol. The summed E-state index contributed by atoms with van der Waals surface area (Å²) in [7, 11) is 4.58. The minimum absolute atomic E-state index is 0.0797. The number of anilines is 2. The first-order valence-corrected chi connectivity index (χ1v) is 12.2. The van der Waals surface area contributed by atoms with Crippen molar-refractivity contribution in [1.29, 1.82) is 0 Å². The molecular formula is C22H24I2N4. The van der Waals surface area contributed by atoms with Crippen LogP contribution in [0.5, 0.6) is 0 Å². The van der Waals surface area contributed by atoms with E-state index in [1.165, 1.54) is 42.5 Å². The summed E-state index contributed by atoms with van der Waals surface area (Å²) in [6, 6.07) is 13.8. The van der Waals surface area contributed by atoms with Gasteiger partial charge in [0.1, 0.15) is 0 Å². The molecule has 28 heavy (non-hydrogen) atoms. The van der Waals surface area contributed by atoms with Crippen LogP contribution in [0.2, 0.25) is 0 Å². The van der Waals surface area contributed by atoms with Gasteiger partial charge in [-0.05, 0) is 95.4 Å². The summed E-state index contributed by atoms with van der Waals surface area (Å²) in [5.41, 5.74) is 5.94. The van der Waals surface area contributed by atoms with Gasteiger partial charge in [-0.3, -0.25) is 9.80 Å². The Morgan fingerprint density at radius 3 is 1.64 bits per heavy atom. The molecule has 4 nitrogen and oxygen atoms in total. The largest absolute Gasteiger partial charge is 0.368 e. The Kier molecular flexibility index (Phi) is 3.89. The van der Waals surface area contributed by atoms with Gasteiger partial charge in [0.05, 0.1) is 23.7 Å². The molecule has 4 aliphatic rings. The second-order valence-corrected chi connectivity index (χ2v) is 11.1. The van der Waals surface area contributed by atoms with Crippen molar-refractivity contribution in [3.63, 3.8) is 0 Å². The number of likely N-dealkylation sites (tertiary alicyclic amines) is 2. The van der Waals surface area contributed by atoms with Crippen LogP contribution >= 0.6 is 45.2 Å². The van der Waals surface area contributed by atoms with Gasteiger partial charge in [-0.25, -0.2) is 0 Å². The maximum Gasteiger partial charge on any atom is 0.0901 e. The van der Waals surface area contributed by atoms with E-state index in [-0.39, 0.29) is 10.8 Å². The smallest absolute Gasteiger partial charge is 0.0901 e. The van der Waals surface area contributed by atoms with E-state index < -0.39 is 0 Å². The van der Waals surface area contributed by atoms with Crippen molar-refractivity contribution in [2.45, 2.75) is 36.0 Å². The van der Waals surface area contributed by atoms with E-state index in [1.54, 1.807) is 0 Å². The van der Waals surface area contributed by atoms with Crippen LogP contribution in [0, 0.1) is 7.14 Å². The SMILES string of the molecule is CN1CC[C@]2([C@@]34CCN(C)[C@@H]3Nc3c(I)cccc34)c3cccc(I)c3N[C@H]12. The third kappa shape index (κ3) is 1.94.